The van der Waals surface area contributed by atoms with Crippen LogP contribution in [-0.4, -0.2) is 25.8 Å². The van der Waals surface area contributed by atoms with Crippen LogP contribution in [0.3, 0.4) is 0 Å². The van der Waals surface area contributed by atoms with Gasteiger partial charge in [0.25, 0.3) is 0 Å². The highest BCUT2D eigenvalue weighted by Gasteiger charge is 2.34. The molecule has 0 saturated heterocycles. The number of unbranched alkanes of at least 4 members (excludes halogenated alkanes) is 3. The molecule has 2 nitrogen and oxygen atoms in total. The predicted molar refractivity (Wildman–Crippen MR) is 71.9 cm³/mol. The second-order valence-electron chi connectivity index (χ2n) is 4.67. The number of hydrogen-bond acceptors (Lipinski definition) is 2. The SMILES string of the molecule is CCCCCCC(NC)C(CC)(CC)OC. The first kappa shape index (κ1) is 15.9. The van der Waals surface area contributed by atoms with Gasteiger partial charge in [-0.1, -0.05) is 46.5 Å². The molecule has 0 amide bonds. The first-order chi connectivity index (χ1) is 7.70. The molecular formula is C14H31NO. The van der Waals surface area contributed by atoms with E-state index in [2.05, 4.69) is 33.1 Å². The topological polar surface area (TPSA) is 21.3 Å². The Morgan fingerprint density at radius 2 is 1.69 bits per heavy atom. The standard InChI is InChI=1S/C14H31NO/c1-6-9-10-11-12-13(15-4)14(7-2,8-3)16-5/h13,15H,6-12H2,1-5H3. The average molecular weight is 229 g/mol. The Balaban J connectivity index is 4.21. The van der Waals surface area contributed by atoms with E-state index >= 15 is 0 Å². The zero-order valence-electron chi connectivity index (χ0n) is 11.9. The summed E-state index contributed by atoms with van der Waals surface area (Å²) >= 11 is 0. The van der Waals surface area contributed by atoms with Crippen LogP contribution in [0.1, 0.15) is 65.7 Å². The van der Waals surface area contributed by atoms with Crippen molar-refractivity contribution in [1.29, 1.82) is 0 Å². The number of hydrogen-bond donors (Lipinski definition) is 1. The first-order valence-corrected chi connectivity index (χ1v) is 6.93. The first-order valence-electron chi connectivity index (χ1n) is 6.93. The normalized spacial score (nSPS) is 14.1. The van der Waals surface area contributed by atoms with Crippen molar-refractivity contribution in [2.24, 2.45) is 0 Å². The van der Waals surface area contributed by atoms with Crippen LogP contribution >= 0.6 is 0 Å². The fraction of sp³-hybridized carbons (Fsp3) is 1.00. The van der Waals surface area contributed by atoms with Crippen LogP contribution in [0.5, 0.6) is 0 Å². The average Bonchev–Trinajstić information content (AvgIpc) is 2.34. The molecule has 0 rings (SSSR count). The summed E-state index contributed by atoms with van der Waals surface area (Å²) in [6, 6.07) is 0.490. The summed E-state index contributed by atoms with van der Waals surface area (Å²) in [5, 5.41) is 3.45. The highest BCUT2D eigenvalue weighted by molar-refractivity contribution is 4.90. The second-order valence-corrected chi connectivity index (χ2v) is 4.67. The van der Waals surface area contributed by atoms with E-state index in [4.69, 9.17) is 4.74 Å². The van der Waals surface area contributed by atoms with E-state index in [1.54, 1.807) is 0 Å². The number of rotatable bonds is 10. The van der Waals surface area contributed by atoms with Crippen LogP contribution in [0.25, 0.3) is 0 Å². The van der Waals surface area contributed by atoms with Crippen molar-refractivity contribution in [3.8, 4) is 0 Å². The summed E-state index contributed by atoms with van der Waals surface area (Å²) < 4.78 is 5.78. The molecule has 0 aliphatic carbocycles. The van der Waals surface area contributed by atoms with Gasteiger partial charge in [-0.15, -0.1) is 0 Å². The highest BCUT2D eigenvalue weighted by Crippen LogP contribution is 2.27. The lowest BCUT2D eigenvalue weighted by Crippen LogP contribution is -2.50. The number of nitrogens with one attached hydrogen (secondary N) is 1. The second kappa shape index (κ2) is 9.00. The molecule has 1 unspecified atom stereocenters. The molecule has 0 radical (unpaired) electrons. The zero-order chi connectivity index (χ0) is 12.4. The van der Waals surface area contributed by atoms with Gasteiger partial charge in [-0.25, -0.2) is 0 Å². The van der Waals surface area contributed by atoms with Crippen LogP contribution in [0.15, 0.2) is 0 Å². The van der Waals surface area contributed by atoms with Gasteiger partial charge in [0.2, 0.25) is 0 Å². The molecule has 0 aromatic carbocycles. The molecule has 0 fully saturated rings. The Bertz CT molecular complexity index is 147. The van der Waals surface area contributed by atoms with Crippen LogP contribution in [0.4, 0.5) is 0 Å². The fourth-order valence-corrected chi connectivity index (χ4v) is 2.62. The van der Waals surface area contributed by atoms with E-state index in [-0.39, 0.29) is 5.60 Å². The van der Waals surface area contributed by atoms with Crippen molar-refractivity contribution in [3.63, 3.8) is 0 Å². The number of ether oxygens (including phenoxy) is 1. The van der Waals surface area contributed by atoms with Crippen LogP contribution in [-0.2, 0) is 4.74 Å². The quantitative estimate of drug-likeness (QED) is 0.576. The van der Waals surface area contributed by atoms with Gasteiger partial charge in [-0.05, 0) is 26.3 Å². The van der Waals surface area contributed by atoms with Gasteiger partial charge < -0.3 is 10.1 Å². The third-order valence-corrected chi connectivity index (χ3v) is 3.93. The number of likely N-dealkylation sites (N-methyl/N-ethyl adjacent to an activating group) is 1. The summed E-state index contributed by atoms with van der Waals surface area (Å²) in [5.41, 5.74) is 0.0287. The summed E-state index contributed by atoms with van der Waals surface area (Å²) in [6.45, 7) is 6.71. The van der Waals surface area contributed by atoms with Crippen molar-refractivity contribution in [3.05, 3.63) is 0 Å². The highest BCUT2D eigenvalue weighted by atomic mass is 16.5. The minimum Gasteiger partial charge on any atom is -0.377 e. The lowest BCUT2D eigenvalue weighted by atomic mass is 9.85. The van der Waals surface area contributed by atoms with Crippen molar-refractivity contribution in [1.82, 2.24) is 5.32 Å². The molecule has 1 atom stereocenters. The van der Waals surface area contributed by atoms with Crippen molar-refractivity contribution in [2.75, 3.05) is 14.2 Å². The van der Waals surface area contributed by atoms with Gasteiger partial charge in [-0.3, -0.25) is 0 Å². The molecule has 0 spiro atoms. The Morgan fingerprint density at radius 3 is 2.06 bits per heavy atom. The molecule has 16 heavy (non-hydrogen) atoms. The Morgan fingerprint density at radius 1 is 1.06 bits per heavy atom. The molecular weight excluding hydrogens is 198 g/mol. The summed E-state index contributed by atoms with van der Waals surface area (Å²) in [4.78, 5) is 0. The van der Waals surface area contributed by atoms with Crippen LogP contribution in [0.2, 0.25) is 0 Å². The molecule has 0 heterocycles. The third kappa shape index (κ3) is 4.42. The Hall–Kier alpha value is -0.0800. The van der Waals surface area contributed by atoms with E-state index in [9.17, 15) is 0 Å². The third-order valence-electron chi connectivity index (χ3n) is 3.93. The maximum absolute atomic E-state index is 5.78. The van der Waals surface area contributed by atoms with E-state index in [0.717, 1.165) is 12.8 Å². The maximum Gasteiger partial charge on any atom is 0.0825 e. The summed E-state index contributed by atoms with van der Waals surface area (Å²) in [7, 11) is 3.91. The molecule has 1 N–H and O–H groups in total. The van der Waals surface area contributed by atoms with Crippen LogP contribution in [0, 0.1) is 0 Å². The monoisotopic (exact) mass is 229 g/mol. The minimum atomic E-state index is 0.0287. The molecule has 0 aromatic rings. The van der Waals surface area contributed by atoms with Gasteiger partial charge in [0, 0.05) is 13.2 Å². The van der Waals surface area contributed by atoms with Crippen molar-refractivity contribution < 1.29 is 4.74 Å². The minimum absolute atomic E-state index is 0.0287. The van der Waals surface area contributed by atoms with E-state index in [1.807, 2.05) is 7.11 Å². The molecule has 0 aliphatic rings. The van der Waals surface area contributed by atoms with Gasteiger partial charge in [0.05, 0.1) is 5.60 Å². The van der Waals surface area contributed by atoms with E-state index in [1.165, 1.54) is 32.1 Å². The van der Waals surface area contributed by atoms with E-state index in [0.29, 0.717) is 6.04 Å². The van der Waals surface area contributed by atoms with Crippen LogP contribution < -0.4 is 5.32 Å². The smallest absolute Gasteiger partial charge is 0.0825 e. The lowest BCUT2D eigenvalue weighted by Gasteiger charge is -2.38. The van der Waals surface area contributed by atoms with Gasteiger partial charge in [0.15, 0.2) is 0 Å². The maximum atomic E-state index is 5.78. The largest absolute Gasteiger partial charge is 0.377 e. The molecule has 2 heteroatoms. The van der Waals surface area contributed by atoms with Gasteiger partial charge in [-0.2, -0.15) is 0 Å². The van der Waals surface area contributed by atoms with E-state index < -0.39 is 0 Å². The molecule has 0 bridgehead atoms. The van der Waals surface area contributed by atoms with Gasteiger partial charge in [0.1, 0.15) is 0 Å². The summed E-state index contributed by atoms with van der Waals surface area (Å²) in [6.07, 6.45) is 8.72. The molecule has 0 saturated carbocycles. The van der Waals surface area contributed by atoms with Crippen molar-refractivity contribution >= 4 is 0 Å². The predicted octanol–water partition coefficient (Wildman–Crippen LogP) is 3.75. The summed E-state index contributed by atoms with van der Waals surface area (Å²) in [5.74, 6) is 0. The Labute approximate surface area is 102 Å². The fourth-order valence-electron chi connectivity index (χ4n) is 2.62. The number of methoxy groups -OCH3 is 1. The molecule has 0 aliphatic heterocycles. The Kier molecular flexibility index (Phi) is 8.96. The lowest BCUT2D eigenvalue weighted by molar-refractivity contribution is -0.0481. The van der Waals surface area contributed by atoms with Crippen molar-refractivity contribution in [2.45, 2.75) is 77.4 Å². The molecule has 98 valence electrons. The van der Waals surface area contributed by atoms with Gasteiger partial charge >= 0.3 is 0 Å². The zero-order valence-corrected chi connectivity index (χ0v) is 11.9. The molecule has 0 aromatic heterocycles.